The van der Waals surface area contributed by atoms with Gasteiger partial charge in [-0.05, 0) is 24.6 Å². The van der Waals surface area contributed by atoms with Gasteiger partial charge in [0.1, 0.15) is 12.0 Å². The molecule has 1 fully saturated rings. The standard InChI is InChI=1S/C22H21NO6/c1-3-29-21(26)17-16(14-10-6-4-7-11-14)18(22(27)28-2)23(20(17)25)19(24)15-12-8-5-9-13-15/h4-13,16-18H,3H2,1-2H3/t16-,17-,18+/m1/s1. The molecule has 0 aromatic heterocycles. The molecule has 1 saturated heterocycles. The molecule has 0 unspecified atom stereocenters. The first-order valence-electron chi connectivity index (χ1n) is 9.23. The summed E-state index contributed by atoms with van der Waals surface area (Å²) < 4.78 is 9.99. The molecule has 2 aromatic rings. The number of rotatable bonds is 5. The number of ether oxygens (including phenoxy) is 2. The molecule has 0 N–H and O–H groups in total. The Morgan fingerprint density at radius 3 is 2.07 bits per heavy atom. The maximum absolute atomic E-state index is 13.2. The molecule has 1 aliphatic heterocycles. The molecule has 2 amide bonds. The van der Waals surface area contributed by atoms with E-state index in [0.29, 0.717) is 5.56 Å². The average molecular weight is 395 g/mol. The van der Waals surface area contributed by atoms with E-state index in [1.54, 1.807) is 67.6 Å². The SMILES string of the molecule is CCOC(=O)[C@H]1C(=O)N(C(=O)c2ccccc2)[C@H](C(=O)OC)[C@@H]1c1ccccc1. The van der Waals surface area contributed by atoms with Crippen molar-refractivity contribution in [2.24, 2.45) is 5.92 Å². The highest BCUT2D eigenvalue weighted by Crippen LogP contribution is 2.41. The highest BCUT2D eigenvalue weighted by atomic mass is 16.5. The number of hydrogen-bond acceptors (Lipinski definition) is 6. The van der Waals surface area contributed by atoms with Crippen molar-refractivity contribution >= 4 is 23.8 Å². The van der Waals surface area contributed by atoms with E-state index in [0.717, 1.165) is 4.90 Å². The number of benzene rings is 2. The number of carbonyl (C=O) groups is 4. The zero-order valence-electron chi connectivity index (χ0n) is 16.1. The van der Waals surface area contributed by atoms with Crippen LogP contribution >= 0.6 is 0 Å². The largest absolute Gasteiger partial charge is 0.467 e. The van der Waals surface area contributed by atoms with Gasteiger partial charge in [0.15, 0.2) is 0 Å². The lowest BCUT2D eigenvalue weighted by Gasteiger charge is -2.25. The van der Waals surface area contributed by atoms with E-state index in [-0.39, 0.29) is 12.2 Å². The summed E-state index contributed by atoms with van der Waals surface area (Å²) in [5.41, 5.74) is 0.795. The molecule has 2 aromatic carbocycles. The van der Waals surface area contributed by atoms with E-state index in [2.05, 4.69) is 0 Å². The van der Waals surface area contributed by atoms with Crippen molar-refractivity contribution in [3.8, 4) is 0 Å². The lowest BCUT2D eigenvalue weighted by Crippen LogP contribution is -2.45. The predicted octanol–water partition coefficient (Wildman–Crippen LogP) is 2.17. The molecule has 0 radical (unpaired) electrons. The summed E-state index contributed by atoms with van der Waals surface area (Å²) in [6.45, 7) is 1.69. The monoisotopic (exact) mass is 395 g/mol. The van der Waals surface area contributed by atoms with Gasteiger partial charge < -0.3 is 9.47 Å². The van der Waals surface area contributed by atoms with Crippen LogP contribution in [0.4, 0.5) is 0 Å². The first kappa shape index (κ1) is 20.3. The topological polar surface area (TPSA) is 90.0 Å². The number of esters is 2. The lowest BCUT2D eigenvalue weighted by molar-refractivity contribution is -0.152. The summed E-state index contributed by atoms with van der Waals surface area (Å²) >= 11 is 0. The van der Waals surface area contributed by atoms with Crippen LogP contribution in [0.25, 0.3) is 0 Å². The van der Waals surface area contributed by atoms with Crippen LogP contribution in [0.15, 0.2) is 60.7 Å². The van der Waals surface area contributed by atoms with Crippen LogP contribution in [0.1, 0.15) is 28.8 Å². The van der Waals surface area contributed by atoms with E-state index in [1.165, 1.54) is 7.11 Å². The Hall–Kier alpha value is -3.48. The molecule has 0 aliphatic carbocycles. The average Bonchev–Trinajstić information content (AvgIpc) is 3.07. The van der Waals surface area contributed by atoms with E-state index >= 15 is 0 Å². The number of nitrogens with zero attached hydrogens (tertiary/aromatic N) is 1. The number of imide groups is 1. The molecule has 1 aliphatic rings. The molecule has 7 heteroatoms. The maximum Gasteiger partial charge on any atom is 0.329 e. The highest BCUT2D eigenvalue weighted by molar-refractivity contribution is 6.15. The first-order valence-corrected chi connectivity index (χ1v) is 9.23. The van der Waals surface area contributed by atoms with Crippen molar-refractivity contribution in [3.63, 3.8) is 0 Å². The highest BCUT2D eigenvalue weighted by Gasteiger charge is 2.58. The smallest absolute Gasteiger partial charge is 0.329 e. The second-order valence-electron chi connectivity index (χ2n) is 6.51. The van der Waals surface area contributed by atoms with E-state index < -0.39 is 41.6 Å². The third kappa shape index (κ3) is 3.76. The van der Waals surface area contributed by atoms with E-state index in [1.807, 2.05) is 0 Å². The van der Waals surface area contributed by atoms with Gasteiger partial charge in [-0.15, -0.1) is 0 Å². The van der Waals surface area contributed by atoms with Gasteiger partial charge in [-0.2, -0.15) is 0 Å². The van der Waals surface area contributed by atoms with Crippen LogP contribution in [-0.2, 0) is 23.9 Å². The number of likely N-dealkylation sites (tertiary alicyclic amines) is 1. The third-order valence-corrected chi connectivity index (χ3v) is 4.89. The van der Waals surface area contributed by atoms with Crippen molar-refractivity contribution in [1.29, 1.82) is 0 Å². The summed E-state index contributed by atoms with van der Waals surface area (Å²) in [7, 11) is 1.18. The molecule has 1 heterocycles. The Bertz CT molecular complexity index is 911. The van der Waals surface area contributed by atoms with Crippen molar-refractivity contribution in [3.05, 3.63) is 71.8 Å². The number of methoxy groups -OCH3 is 1. The minimum atomic E-state index is -1.32. The fourth-order valence-corrected chi connectivity index (χ4v) is 3.63. The van der Waals surface area contributed by atoms with Crippen LogP contribution in [-0.4, -0.2) is 48.4 Å². The summed E-state index contributed by atoms with van der Waals surface area (Å²) in [6, 6.07) is 15.5. The zero-order valence-corrected chi connectivity index (χ0v) is 16.1. The Kier molecular flexibility index (Phi) is 6.07. The van der Waals surface area contributed by atoms with Crippen molar-refractivity contribution in [2.45, 2.75) is 18.9 Å². The van der Waals surface area contributed by atoms with Crippen LogP contribution in [0.2, 0.25) is 0 Å². The summed E-state index contributed by atoms with van der Waals surface area (Å²) in [6.07, 6.45) is 0. The molecule has 3 rings (SSSR count). The molecule has 0 bridgehead atoms. The molecular formula is C22H21NO6. The Balaban J connectivity index is 2.14. The second kappa shape index (κ2) is 8.68. The van der Waals surface area contributed by atoms with Crippen LogP contribution < -0.4 is 0 Å². The Morgan fingerprint density at radius 2 is 1.52 bits per heavy atom. The van der Waals surface area contributed by atoms with Gasteiger partial charge in [-0.25, -0.2) is 4.79 Å². The Morgan fingerprint density at radius 1 is 0.931 bits per heavy atom. The molecular weight excluding hydrogens is 374 g/mol. The van der Waals surface area contributed by atoms with Gasteiger partial charge in [0.2, 0.25) is 5.91 Å². The van der Waals surface area contributed by atoms with Crippen molar-refractivity contribution in [1.82, 2.24) is 4.90 Å². The minimum Gasteiger partial charge on any atom is -0.467 e. The van der Waals surface area contributed by atoms with Gasteiger partial charge in [-0.3, -0.25) is 19.3 Å². The van der Waals surface area contributed by atoms with Crippen molar-refractivity contribution in [2.75, 3.05) is 13.7 Å². The minimum absolute atomic E-state index is 0.0691. The lowest BCUT2D eigenvalue weighted by atomic mass is 9.84. The fourth-order valence-electron chi connectivity index (χ4n) is 3.63. The van der Waals surface area contributed by atoms with E-state index in [4.69, 9.17) is 9.47 Å². The van der Waals surface area contributed by atoms with Crippen molar-refractivity contribution < 1.29 is 28.7 Å². The summed E-state index contributed by atoms with van der Waals surface area (Å²) in [4.78, 5) is 52.6. The molecule has 29 heavy (non-hydrogen) atoms. The molecule has 7 nitrogen and oxygen atoms in total. The van der Waals surface area contributed by atoms with Crippen LogP contribution in [0, 0.1) is 5.92 Å². The fraction of sp³-hybridized carbons (Fsp3) is 0.273. The van der Waals surface area contributed by atoms with Gasteiger partial charge in [-0.1, -0.05) is 48.5 Å². The third-order valence-electron chi connectivity index (χ3n) is 4.89. The van der Waals surface area contributed by atoms with Crippen LogP contribution in [0.5, 0.6) is 0 Å². The van der Waals surface area contributed by atoms with Gasteiger partial charge >= 0.3 is 11.9 Å². The zero-order chi connectivity index (χ0) is 21.0. The first-order chi connectivity index (χ1) is 14.0. The number of hydrogen-bond donors (Lipinski definition) is 0. The normalized spacial score (nSPS) is 21.0. The van der Waals surface area contributed by atoms with Gasteiger partial charge in [0.25, 0.3) is 5.91 Å². The number of amides is 2. The summed E-state index contributed by atoms with van der Waals surface area (Å²) in [5.74, 6) is -5.23. The van der Waals surface area contributed by atoms with E-state index in [9.17, 15) is 19.2 Å². The summed E-state index contributed by atoms with van der Waals surface area (Å²) in [5, 5.41) is 0. The molecule has 0 saturated carbocycles. The Labute approximate surface area is 168 Å². The van der Waals surface area contributed by atoms with Crippen LogP contribution in [0.3, 0.4) is 0 Å². The predicted molar refractivity (Wildman–Crippen MR) is 103 cm³/mol. The van der Waals surface area contributed by atoms with Gasteiger partial charge in [0, 0.05) is 11.5 Å². The molecule has 150 valence electrons. The quantitative estimate of drug-likeness (QED) is 0.438. The molecule has 0 spiro atoms. The number of carbonyl (C=O) groups excluding carboxylic acids is 4. The molecule has 3 atom stereocenters. The van der Waals surface area contributed by atoms with Gasteiger partial charge in [0.05, 0.1) is 13.7 Å². The maximum atomic E-state index is 13.2. The second-order valence-corrected chi connectivity index (χ2v) is 6.51.